The van der Waals surface area contributed by atoms with Crippen molar-refractivity contribution < 1.29 is 0 Å². The molecule has 0 heterocycles. The van der Waals surface area contributed by atoms with Gasteiger partial charge >= 0.3 is 0 Å². The van der Waals surface area contributed by atoms with Crippen molar-refractivity contribution in [3.63, 3.8) is 0 Å². The Morgan fingerprint density at radius 1 is 0.923 bits per heavy atom. The SMILES string of the molecule is CCN(CCCNC)CCCNC. The minimum atomic E-state index is 1.13. The molecule has 0 spiro atoms. The molecule has 0 bridgehead atoms. The predicted molar refractivity (Wildman–Crippen MR) is 59.2 cm³/mol. The fraction of sp³-hybridized carbons (Fsp3) is 1.00. The summed E-state index contributed by atoms with van der Waals surface area (Å²) in [4.78, 5) is 2.51. The first-order valence-electron chi connectivity index (χ1n) is 5.36. The van der Waals surface area contributed by atoms with Gasteiger partial charge < -0.3 is 15.5 Å². The fourth-order valence-corrected chi connectivity index (χ4v) is 1.39. The van der Waals surface area contributed by atoms with Gasteiger partial charge in [0.05, 0.1) is 0 Å². The van der Waals surface area contributed by atoms with Crippen LogP contribution in [0.25, 0.3) is 0 Å². The van der Waals surface area contributed by atoms with E-state index in [0.29, 0.717) is 0 Å². The smallest absolute Gasteiger partial charge is 0.000675 e. The number of hydrogen-bond donors (Lipinski definition) is 2. The van der Waals surface area contributed by atoms with E-state index in [-0.39, 0.29) is 0 Å². The van der Waals surface area contributed by atoms with E-state index in [1.807, 2.05) is 14.1 Å². The highest BCUT2D eigenvalue weighted by atomic mass is 15.1. The molecule has 0 saturated carbocycles. The molecule has 3 nitrogen and oxygen atoms in total. The Labute approximate surface area is 82.9 Å². The summed E-state index contributed by atoms with van der Waals surface area (Å²) in [6.07, 6.45) is 2.51. The van der Waals surface area contributed by atoms with Crippen molar-refractivity contribution in [2.24, 2.45) is 0 Å². The van der Waals surface area contributed by atoms with Crippen molar-refractivity contribution in [1.29, 1.82) is 0 Å². The summed E-state index contributed by atoms with van der Waals surface area (Å²) in [5, 5.41) is 6.35. The van der Waals surface area contributed by atoms with E-state index in [9.17, 15) is 0 Å². The van der Waals surface area contributed by atoms with E-state index in [4.69, 9.17) is 0 Å². The highest BCUT2D eigenvalue weighted by molar-refractivity contribution is 4.57. The van der Waals surface area contributed by atoms with Crippen LogP contribution in [-0.4, -0.2) is 51.7 Å². The van der Waals surface area contributed by atoms with Gasteiger partial charge in [0.1, 0.15) is 0 Å². The first kappa shape index (κ1) is 12.9. The molecule has 0 fully saturated rings. The zero-order chi connectivity index (χ0) is 9.94. The lowest BCUT2D eigenvalue weighted by molar-refractivity contribution is 0.280. The molecule has 80 valence electrons. The van der Waals surface area contributed by atoms with Crippen molar-refractivity contribution in [3.8, 4) is 0 Å². The van der Waals surface area contributed by atoms with Gasteiger partial charge in [-0.25, -0.2) is 0 Å². The van der Waals surface area contributed by atoms with Crippen LogP contribution in [0.2, 0.25) is 0 Å². The Morgan fingerprint density at radius 2 is 1.38 bits per heavy atom. The third-order valence-corrected chi connectivity index (χ3v) is 2.25. The molecule has 0 aliphatic carbocycles. The highest BCUT2D eigenvalue weighted by Crippen LogP contribution is 1.92. The van der Waals surface area contributed by atoms with Crippen LogP contribution in [0, 0.1) is 0 Å². The lowest BCUT2D eigenvalue weighted by atomic mass is 10.3. The third kappa shape index (κ3) is 8.22. The average Bonchev–Trinajstić information content (AvgIpc) is 2.16. The van der Waals surface area contributed by atoms with Crippen molar-refractivity contribution in [2.75, 3.05) is 46.8 Å². The number of hydrogen-bond acceptors (Lipinski definition) is 3. The van der Waals surface area contributed by atoms with Crippen LogP contribution < -0.4 is 10.6 Å². The molecule has 0 amide bonds. The number of nitrogens with zero attached hydrogens (tertiary/aromatic N) is 1. The number of rotatable bonds is 9. The van der Waals surface area contributed by atoms with Gasteiger partial charge in [0, 0.05) is 0 Å². The Bertz CT molecular complexity index is 86.2. The van der Waals surface area contributed by atoms with Gasteiger partial charge in [-0.1, -0.05) is 6.92 Å². The molecule has 2 N–H and O–H groups in total. The molecule has 0 aromatic carbocycles. The molecule has 0 aromatic heterocycles. The minimum absolute atomic E-state index is 1.13. The fourth-order valence-electron chi connectivity index (χ4n) is 1.39. The van der Waals surface area contributed by atoms with Crippen molar-refractivity contribution in [2.45, 2.75) is 19.8 Å². The maximum Gasteiger partial charge on any atom is -0.000675 e. The van der Waals surface area contributed by atoms with Crippen LogP contribution in [0.4, 0.5) is 0 Å². The molecule has 0 aliphatic heterocycles. The van der Waals surface area contributed by atoms with Crippen molar-refractivity contribution >= 4 is 0 Å². The van der Waals surface area contributed by atoms with E-state index in [1.54, 1.807) is 0 Å². The van der Waals surface area contributed by atoms with E-state index < -0.39 is 0 Å². The maximum atomic E-state index is 3.18. The molecule has 0 rings (SSSR count). The molecular formula is C10H25N3. The summed E-state index contributed by atoms with van der Waals surface area (Å²) in [6.45, 7) is 8.11. The molecule has 0 aromatic rings. The second-order valence-electron chi connectivity index (χ2n) is 3.35. The molecular weight excluding hydrogens is 162 g/mol. The lowest BCUT2D eigenvalue weighted by Gasteiger charge is -2.19. The summed E-state index contributed by atoms with van der Waals surface area (Å²) in [5.41, 5.74) is 0. The van der Waals surface area contributed by atoms with Gasteiger partial charge in [-0.05, 0) is 59.7 Å². The van der Waals surface area contributed by atoms with Gasteiger partial charge in [-0.2, -0.15) is 0 Å². The van der Waals surface area contributed by atoms with Crippen LogP contribution in [0.15, 0.2) is 0 Å². The Morgan fingerprint density at radius 3 is 1.69 bits per heavy atom. The van der Waals surface area contributed by atoms with Crippen LogP contribution >= 0.6 is 0 Å². The Balaban J connectivity index is 3.28. The largest absolute Gasteiger partial charge is 0.320 e. The van der Waals surface area contributed by atoms with Crippen LogP contribution in [0.5, 0.6) is 0 Å². The lowest BCUT2D eigenvalue weighted by Crippen LogP contribution is -2.29. The second kappa shape index (κ2) is 9.96. The quantitative estimate of drug-likeness (QED) is 0.516. The predicted octanol–water partition coefficient (Wildman–Crippen LogP) is 0.527. The number of nitrogens with one attached hydrogen (secondary N) is 2. The highest BCUT2D eigenvalue weighted by Gasteiger charge is 1.99. The van der Waals surface area contributed by atoms with Gasteiger partial charge in [-0.3, -0.25) is 0 Å². The topological polar surface area (TPSA) is 27.3 Å². The van der Waals surface area contributed by atoms with Gasteiger partial charge in [0.2, 0.25) is 0 Å². The zero-order valence-corrected chi connectivity index (χ0v) is 9.40. The van der Waals surface area contributed by atoms with E-state index in [0.717, 1.165) is 13.1 Å². The third-order valence-electron chi connectivity index (χ3n) is 2.25. The zero-order valence-electron chi connectivity index (χ0n) is 9.40. The van der Waals surface area contributed by atoms with Gasteiger partial charge in [0.25, 0.3) is 0 Å². The molecule has 0 atom stereocenters. The summed E-state index contributed by atoms with van der Waals surface area (Å²) in [7, 11) is 4.02. The van der Waals surface area contributed by atoms with Gasteiger partial charge in [-0.15, -0.1) is 0 Å². The van der Waals surface area contributed by atoms with E-state index in [1.165, 1.54) is 32.5 Å². The van der Waals surface area contributed by atoms with Crippen molar-refractivity contribution in [1.82, 2.24) is 15.5 Å². The second-order valence-corrected chi connectivity index (χ2v) is 3.35. The molecule has 0 radical (unpaired) electrons. The van der Waals surface area contributed by atoms with Crippen molar-refractivity contribution in [3.05, 3.63) is 0 Å². The molecule has 0 saturated heterocycles. The van der Waals surface area contributed by atoms with E-state index >= 15 is 0 Å². The summed E-state index contributed by atoms with van der Waals surface area (Å²) >= 11 is 0. The standard InChI is InChI=1S/C10H25N3/c1-4-13(9-5-7-11-2)10-6-8-12-3/h11-12H,4-10H2,1-3H3. The Kier molecular flexibility index (Phi) is 9.87. The minimum Gasteiger partial charge on any atom is -0.320 e. The molecule has 13 heavy (non-hydrogen) atoms. The first-order chi connectivity index (χ1) is 6.35. The summed E-state index contributed by atoms with van der Waals surface area (Å²) in [5.74, 6) is 0. The van der Waals surface area contributed by atoms with Crippen LogP contribution in [0.1, 0.15) is 19.8 Å². The normalized spacial score (nSPS) is 11.1. The Hall–Kier alpha value is -0.120. The molecule has 0 unspecified atom stereocenters. The van der Waals surface area contributed by atoms with Gasteiger partial charge in [0.15, 0.2) is 0 Å². The molecule has 0 aliphatic rings. The first-order valence-corrected chi connectivity index (χ1v) is 5.36. The van der Waals surface area contributed by atoms with Crippen LogP contribution in [0.3, 0.4) is 0 Å². The maximum absolute atomic E-state index is 3.18. The summed E-state index contributed by atoms with van der Waals surface area (Å²) in [6, 6.07) is 0. The monoisotopic (exact) mass is 187 g/mol. The van der Waals surface area contributed by atoms with E-state index in [2.05, 4.69) is 22.5 Å². The molecule has 3 heteroatoms. The average molecular weight is 187 g/mol. The summed E-state index contributed by atoms with van der Waals surface area (Å²) < 4.78 is 0. The van der Waals surface area contributed by atoms with Crippen LogP contribution in [-0.2, 0) is 0 Å².